The zero-order valence-corrected chi connectivity index (χ0v) is 13.5. The number of nitro groups is 1. The number of non-ortho nitro benzene ring substituents is 1. The van der Waals surface area contributed by atoms with E-state index in [0.717, 1.165) is 0 Å². The number of halogens is 1. The zero-order valence-electron chi connectivity index (χ0n) is 11.1. The van der Waals surface area contributed by atoms with Crippen molar-refractivity contribution in [2.45, 2.75) is 20.5 Å². The molecular formula is C11H15ClNO5PS. The molecule has 1 rings (SSSR count). The standard InChI is InChI=1S/C11H15ClNO5PS/c1-3-16-19(20,17-4-2)18-8-9-5-6-10(13(14)15)7-11(9)12/h5-7H,3-4,8H2,1-2H3. The third-order valence-corrected chi connectivity index (χ3v) is 5.09. The molecule has 0 aromatic heterocycles. The predicted molar refractivity (Wildman–Crippen MR) is 80.4 cm³/mol. The number of hydrogen-bond acceptors (Lipinski definition) is 6. The summed E-state index contributed by atoms with van der Waals surface area (Å²) in [7, 11) is 0. The van der Waals surface area contributed by atoms with Gasteiger partial charge in [0.2, 0.25) is 0 Å². The maximum Gasteiger partial charge on any atom is 0.327 e. The highest BCUT2D eigenvalue weighted by molar-refractivity contribution is 8.07. The number of benzene rings is 1. The van der Waals surface area contributed by atoms with Gasteiger partial charge < -0.3 is 13.6 Å². The molecule has 0 aliphatic carbocycles. The minimum Gasteiger partial charge on any atom is -0.309 e. The third kappa shape index (κ3) is 5.09. The Bertz CT molecular complexity index is 518. The van der Waals surface area contributed by atoms with Crippen LogP contribution in [0.4, 0.5) is 5.69 Å². The van der Waals surface area contributed by atoms with E-state index < -0.39 is 11.6 Å². The number of nitro benzene ring substituents is 1. The average molecular weight is 340 g/mol. The molecule has 0 fully saturated rings. The van der Waals surface area contributed by atoms with Crippen molar-refractivity contribution in [1.29, 1.82) is 0 Å². The molecule has 0 radical (unpaired) electrons. The Morgan fingerprint density at radius 1 is 1.30 bits per heavy atom. The summed E-state index contributed by atoms with van der Waals surface area (Å²) in [6.07, 6.45) is 0. The lowest BCUT2D eigenvalue weighted by atomic mass is 10.2. The summed E-state index contributed by atoms with van der Waals surface area (Å²) in [6, 6.07) is 4.15. The van der Waals surface area contributed by atoms with Crippen LogP contribution in [-0.4, -0.2) is 18.1 Å². The highest BCUT2D eigenvalue weighted by Gasteiger charge is 2.20. The van der Waals surface area contributed by atoms with E-state index in [2.05, 4.69) is 0 Å². The summed E-state index contributed by atoms with van der Waals surface area (Å²) in [6.45, 7) is 1.63. The van der Waals surface area contributed by atoms with Gasteiger partial charge in [0.15, 0.2) is 0 Å². The van der Waals surface area contributed by atoms with Gasteiger partial charge in [0.25, 0.3) is 5.69 Å². The number of rotatable bonds is 8. The van der Waals surface area contributed by atoms with E-state index in [1.165, 1.54) is 18.2 Å². The summed E-state index contributed by atoms with van der Waals surface area (Å²) in [5.41, 5.74) is 0.513. The monoisotopic (exact) mass is 339 g/mol. The molecule has 0 heterocycles. The highest BCUT2D eigenvalue weighted by Crippen LogP contribution is 2.50. The number of hydrogen-bond donors (Lipinski definition) is 0. The van der Waals surface area contributed by atoms with Crippen LogP contribution >= 0.6 is 18.3 Å². The maximum atomic E-state index is 10.6. The van der Waals surface area contributed by atoms with Gasteiger partial charge in [-0.1, -0.05) is 11.6 Å². The van der Waals surface area contributed by atoms with E-state index in [-0.39, 0.29) is 17.3 Å². The summed E-state index contributed by atoms with van der Waals surface area (Å²) in [4.78, 5) is 10.1. The van der Waals surface area contributed by atoms with Crippen molar-refractivity contribution in [3.63, 3.8) is 0 Å². The van der Waals surface area contributed by atoms with Crippen LogP contribution in [0.25, 0.3) is 0 Å². The summed E-state index contributed by atoms with van der Waals surface area (Å²) in [5, 5.41) is 10.9. The molecule has 0 spiro atoms. The Hall–Kier alpha value is -0.560. The topological polar surface area (TPSA) is 70.8 Å². The molecule has 112 valence electrons. The van der Waals surface area contributed by atoms with Crippen LogP contribution in [-0.2, 0) is 32.0 Å². The van der Waals surface area contributed by atoms with Gasteiger partial charge in [0, 0.05) is 12.1 Å². The predicted octanol–water partition coefficient (Wildman–Crippen LogP) is 4.06. The second-order valence-corrected chi connectivity index (χ2v) is 7.01. The molecule has 20 heavy (non-hydrogen) atoms. The quantitative estimate of drug-likeness (QED) is 0.404. The second-order valence-electron chi connectivity index (χ2n) is 3.59. The smallest absolute Gasteiger partial charge is 0.309 e. The van der Waals surface area contributed by atoms with Crippen molar-refractivity contribution in [2.24, 2.45) is 0 Å². The lowest BCUT2D eigenvalue weighted by Crippen LogP contribution is -2.01. The van der Waals surface area contributed by atoms with Gasteiger partial charge in [-0.05, 0) is 37.3 Å². The molecule has 0 saturated heterocycles. The van der Waals surface area contributed by atoms with E-state index >= 15 is 0 Å². The lowest BCUT2D eigenvalue weighted by Gasteiger charge is -2.20. The first-order chi connectivity index (χ1) is 9.41. The molecule has 0 atom stereocenters. The first-order valence-corrected chi connectivity index (χ1v) is 8.81. The van der Waals surface area contributed by atoms with Crippen molar-refractivity contribution in [1.82, 2.24) is 0 Å². The Kier molecular flexibility index (Phi) is 7.02. The number of nitrogens with zero attached hydrogens (tertiary/aromatic N) is 1. The average Bonchev–Trinajstić information content (AvgIpc) is 2.37. The van der Waals surface area contributed by atoms with Crippen LogP contribution < -0.4 is 0 Å². The SMILES string of the molecule is CCOP(=S)(OCC)OCc1ccc([N+](=O)[O-])cc1Cl. The van der Waals surface area contributed by atoms with Crippen molar-refractivity contribution in [3.8, 4) is 0 Å². The van der Waals surface area contributed by atoms with Gasteiger partial charge in [-0.25, -0.2) is 0 Å². The van der Waals surface area contributed by atoms with E-state index in [4.69, 9.17) is 37.0 Å². The van der Waals surface area contributed by atoms with E-state index in [9.17, 15) is 10.1 Å². The van der Waals surface area contributed by atoms with Crippen LogP contribution in [0.1, 0.15) is 19.4 Å². The van der Waals surface area contributed by atoms with Crippen molar-refractivity contribution < 1.29 is 18.5 Å². The first-order valence-electron chi connectivity index (χ1n) is 5.88. The van der Waals surface area contributed by atoms with E-state index in [0.29, 0.717) is 18.8 Å². The van der Waals surface area contributed by atoms with Crippen molar-refractivity contribution >= 4 is 35.8 Å². The zero-order chi connectivity index (χ0) is 15.2. The normalized spacial score (nSPS) is 11.6. The molecule has 1 aromatic rings. The second kappa shape index (κ2) is 8.02. The van der Waals surface area contributed by atoms with E-state index in [1.54, 1.807) is 13.8 Å². The fraction of sp³-hybridized carbons (Fsp3) is 0.455. The summed E-state index contributed by atoms with van der Waals surface area (Å²) < 4.78 is 16.2. The first kappa shape index (κ1) is 17.5. The molecule has 0 amide bonds. The molecule has 6 nitrogen and oxygen atoms in total. The Morgan fingerprint density at radius 3 is 2.35 bits per heavy atom. The fourth-order valence-corrected chi connectivity index (χ4v) is 3.52. The van der Waals surface area contributed by atoms with Gasteiger partial charge in [-0.15, -0.1) is 0 Å². The van der Waals surface area contributed by atoms with Crippen LogP contribution in [0.5, 0.6) is 0 Å². The Labute approximate surface area is 127 Å². The largest absolute Gasteiger partial charge is 0.327 e. The maximum absolute atomic E-state index is 10.6. The van der Waals surface area contributed by atoms with Gasteiger partial charge in [0.1, 0.15) is 0 Å². The minimum absolute atomic E-state index is 0.0761. The summed E-state index contributed by atoms with van der Waals surface area (Å²) in [5.74, 6) is 0. The molecule has 0 aliphatic heterocycles. The van der Waals surface area contributed by atoms with Crippen LogP contribution in [0.15, 0.2) is 18.2 Å². The van der Waals surface area contributed by atoms with E-state index in [1.807, 2.05) is 0 Å². The van der Waals surface area contributed by atoms with Crippen molar-refractivity contribution in [3.05, 3.63) is 38.9 Å². The van der Waals surface area contributed by atoms with Gasteiger partial charge >= 0.3 is 6.72 Å². The molecule has 0 unspecified atom stereocenters. The minimum atomic E-state index is -2.79. The third-order valence-electron chi connectivity index (χ3n) is 2.20. The molecular weight excluding hydrogens is 325 g/mol. The van der Waals surface area contributed by atoms with Crippen LogP contribution in [0.2, 0.25) is 5.02 Å². The Balaban J connectivity index is 2.78. The molecule has 0 N–H and O–H groups in total. The lowest BCUT2D eigenvalue weighted by molar-refractivity contribution is -0.384. The van der Waals surface area contributed by atoms with Crippen LogP contribution in [0.3, 0.4) is 0 Å². The Morgan fingerprint density at radius 2 is 1.90 bits per heavy atom. The van der Waals surface area contributed by atoms with Gasteiger partial charge in [-0.3, -0.25) is 10.1 Å². The fourth-order valence-electron chi connectivity index (χ4n) is 1.34. The molecule has 9 heteroatoms. The molecule has 0 bridgehead atoms. The van der Waals surface area contributed by atoms with Crippen LogP contribution in [0, 0.1) is 10.1 Å². The molecule has 0 saturated carbocycles. The van der Waals surface area contributed by atoms with Gasteiger partial charge in [0.05, 0.1) is 29.8 Å². The molecule has 0 aliphatic rings. The highest BCUT2D eigenvalue weighted by atomic mass is 35.5. The van der Waals surface area contributed by atoms with Gasteiger partial charge in [-0.2, -0.15) is 0 Å². The summed E-state index contributed by atoms with van der Waals surface area (Å²) >= 11 is 11.2. The van der Waals surface area contributed by atoms with Crippen molar-refractivity contribution in [2.75, 3.05) is 13.2 Å². The molecule has 1 aromatic carbocycles.